The van der Waals surface area contributed by atoms with Crippen molar-refractivity contribution in [1.29, 1.82) is 0 Å². The summed E-state index contributed by atoms with van der Waals surface area (Å²) in [6.45, 7) is 4.60. The second kappa shape index (κ2) is 5.65. The summed E-state index contributed by atoms with van der Waals surface area (Å²) in [5.74, 6) is -0.239. The van der Waals surface area contributed by atoms with Crippen molar-refractivity contribution in [3.63, 3.8) is 0 Å². The van der Waals surface area contributed by atoms with Crippen molar-refractivity contribution in [2.45, 2.75) is 69.0 Å². The van der Waals surface area contributed by atoms with Gasteiger partial charge < -0.3 is 15.5 Å². The summed E-state index contributed by atoms with van der Waals surface area (Å²) in [7, 11) is 0. The van der Waals surface area contributed by atoms with E-state index in [0.717, 1.165) is 43.4 Å². The summed E-state index contributed by atoms with van der Waals surface area (Å²) in [5.41, 5.74) is 2.96. The summed E-state index contributed by atoms with van der Waals surface area (Å²) in [6, 6.07) is 13.6. The van der Waals surface area contributed by atoms with Crippen LogP contribution >= 0.6 is 0 Å². The van der Waals surface area contributed by atoms with Gasteiger partial charge in [-0.1, -0.05) is 63.4 Å². The maximum Gasteiger partial charge on any atom is 0.279 e. The predicted octanol–water partition coefficient (Wildman–Crippen LogP) is 4.43. The summed E-state index contributed by atoms with van der Waals surface area (Å²) in [4.78, 5) is 29.4. The molecule has 5 nitrogen and oxygen atoms in total. The van der Waals surface area contributed by atoms with Gasteiger partial charge in [-0.05, 0) is 42.4 Å². The van der Waals surface area contributed by atoms with Crippen LogP contribution in [0.4, 0.5) is 11.4 Å². The normalized spacial score (nSPS) is 27.5. The predicted molar refractivity (Wildman–Crippen MR) is 117 cm³/mol. The van der Waals surface area contributed by atoms with Gasteiger partial charge >= 0.3 is 0 Å². The van der Waals surface area contributed by atoms with E-state index in [2.05, 4.69) is 35.4 Å². The average Bonchev–Trinajstić information content (AvgIpc) is 2.96. The minimum Gasteiger partial charge on any atom is -0.350 e. The van der Waals surface area contributed by atoms with Crippen LogP contribution in [0.1, 0.15) is 73.9 Å². The fourth-order valence-electron chi connectivity index (χ4n) is 6.58. The molecule has 30 heavy (non-hydrogen) atoms. The van der Waals surface area contributed by atoms with Crippen molar-refractivity contribution in [1.82, 2.24) is 5.32 Å². The highest BCUT2D eigenvalue weighted by atomic mass is 16.2. The van der Waals surface area contributed by atoms with Gasteiger partial charge in [0.15, 0.2) is 0 Å². The van der Waals surface area contributed by atoms with E-state index in [1.165, 1.54) is 12.0 Å². The zero-order valence-electron chi connectivity index (χ0n) is 17.5. The van der Waals surface area contributed by atoms with E-state index in [9.17, 15) is 9.59 Å². The van der Waals surface area contributed by atoms with Crippen LogP contribution in [-0.2, 0) is 15.9 Å². The lowest BCUT2D eigenvalue weighted by Crippen LogP contribution is -2.65. The van der Waals surface area contributed by atoms with Gasteiger partial charge in [0, 0.05) is 16.8 Å². The van der Waals surface area contributed by atoms with E-state index < -0.39 is 5.66 Å². The molecule has 0 radical (unpaired) electrons. The topological polar surface area (TPSA) is 61.4 Å². The number of hydrogen-bond acceptors (Lipinski definition) is 3. The summed E-state index contributed by atoms with van der Waals surface area (Å²) in [5, 5.41) is 6.54. The molecule has 1 atom stereocenters. The highest BCUT2D eigenvalue weighted by Crippen LogP contribution is 2.58. The van der Waals surface area contributed by atoms with Gasteiger partial charge in [0.05, 0.1) is 11.3 Å². The van der Waals surface area contributed by atoms with Gasteiger partial charge in [0.25, 0.3) is 11.8 Å². The van der Waals surface area contributed by atoms with E-state index in [4.69, 9.17) is 0 Å². The zero-order chi connectivity index (χ0) is 20.7. The lowest BCUT2D eigenvalue weighted by molar-refractivity contribution is -0.125. The highest BCUT2D eigenvalue weighted by Gasteiger charge is 2.63. The van der Waals surface area contributed by atoms with Crippen molar-refractivity contribution < 1.29 is 9.59 Å². The van der Waals surface area contributed by atoms with Crippen LogP contribution < -0.4 is 15.5 Å². The average molecular weight is 402 g/mol. The van der Waals surface area contributed by atoms with Crippen LogP contribution in [0, 0.1) is 0 Å². The molecule has 0 saturated heterocycles. The third-order valence-corrected chi connectivity index (χ3v) is 7.74. The quantitative estimate of drug-likeness (QED) is 0.687. The molecule has 2 aromatic carbocycles. The van der Waals surface area contributed by atoms with Gasteiger partial charge in [0.2, 0.25) is 5.66 Å². The maximum atomic E-state index is 14.2. The number of amides is 2. The first-order valence-electron chi connectivity index (χ1n) is 11.1. The molecule has 6 rings (SSSR count). The Morgan fingerprint density at radius 2 is 1.60 bits per heavy atom. The lowest BCUT2D eigenvalue weighted by atomic mass is 9.64. The molecule has 3 aliphatic heterocycles. The number of fused-ring (bicyclic) bond motifs is 3. The van der Waals surface area contributed by atoms with Gasteiger partial charge in [-0.25, -0.2) is 0 Å². The van der Waals surface area contributed by atoms with Gasteiger partial charge in [0.1, 0.15) is 0 Å². The third kappa shape index (κ3) is 2.08. The van der Waals surface area contributed by atoms with E-state index in [1.807, 2.05) is 30.3 Å². The number of hydrogen-bond donors (Lipinski definition) is 2. The minimum absolute atomic E-state index is 0.0262. The SMILES string of the molecule is CC1(C)CC2(CCCCC2)N2C(=O)[C@]3(NC(=O)c4ccccc4N3)c3cccc1c32. The Labute approximate surface area is 176 Å². The lowest BCUT2D eigenvalue weighted by Gasteiger charge is -2.53. The van der Waals surface area contributed by atoms with Crippen molar-refractivity contribution in [2.24, 2.45) is 0 Å². The molecule has 0 bridgehead atoms. The number of para-hydroxylation sites is 2. The number of rotatable bonds is 0. The molecule has 2 spiro atoms. The fraction of sp³-hybridized carbons (Fsp3) is 0.440. The number of anilines is 2. The van der Waals surface area contributed by atoms with E-state index >= 15 is 0 Å². The first-order valence-corrected chi connectivity index (χ1v) is 11.1. The molecule has 2 aromatic rings. The van der Waals surface area contributed by atoms with E-state index in [0.29, 0.717) is 11.3 Å². The van der Waals surface area contributed by atoms with Gasteiger partial charge in [-0.15, -0.1) is 0 Å². The van der Waals surface area contributed by atoms with Crippen LogP contribution in [0.2, 0.25) is 0 Å². The van der Waals surface area contributed by atoms with Crippen molar-refractivity contribution in [3.8, 4) is 0 Å². The van der Waals surface area contributed by atoms with Crippen molar-refractivity contribution in [3.05, 3.63) is 59.2 Å². The molecule has 1 fully saturated rings. The molecule has 1 aliphatic carbocycles. The Morgan fingerprint density at radius 1 is 0.867 bits per heavy atom. The third-order valence-electron chi connectivity index (χ3n) is 7.74. The second-order valence-electron chi connectivity index (χ2n) is 10.1. The van der Waals surface area contributed by atoms with Crippen LogP contribution in [0.15, 0.2) is 42.5 Å². The molecular formula is C25H27N3O2. The smallest absolute Gasteiger partial charge is 0.279 e. The fourth-order valence-corrected chi connectivity index (χ4v) is 6.58. The van der Waals surface area contributed by atoms with Crippen LogP contribution in [0.25, 0.3) is 0 Å². The molecule has 2 N–H and O–H groups in total. The van der Waals surface area contributed by atoms with E-state index in [-0.39, 0.29) is 22.8 Å². The first-order chi connectivity index (χ1) is 14.4. The second-order valence-corrected chi connectivity index (χ2v) is 10.1. The summed E-state index contributed by atoms with van der Waals surface area (Å²) in [6.07, 6.45) is 6.53. The maximum absolute atomic E-state index is 14.2. The summed E-state index contributed by atoms with van der Waals surface area (Å²) >= 11 is 0. The Bertz CT molecular complexity index is 1100. The van der Waals surface area contributed by atoms with E-state index in [1.54, 1.807) is 6.07 Å². The molecule has 3 heterocycles. The monoisotopic (exact) mass is 401 g/mol. The number of carbonyl (C=O) groups excluding carboxylic acids is 2. The van der Waals surface area contributed by atoms with Gasteiger partial charge in [-0.2, -0.15) is 0 Å². The highest BCUT2D eigenvalue weighted by molar-refractivity contribution is 6.16. The zero-order valence-corrected chi connectivity index (χ0v) is 17.5. The molecule has 2 amide bonds. The molecule has 0 unspecified atom stereocenters. The van der Waals surface area contributed by atoms with Crippen molar-refractivity contribution in [2.75, 3.05) is 10.2 Å². The molecule has 0 aromatic heterocycles. The Balaban J connectivity index is 1.61. The number of benzene rings is 2. The number of nitrogens with one attached hydrogen (secondary N) is 2. The summed E-state index contributed by atoms with van der Waals surface area (Å²) < 4.78 is 0. The molecule has 154 valence electrons. The largest absolute Gasteiger partial charge is 0.350 e. The Morgan fingerprint density at radius 3 is 2.40 bits per heavy atom. The minimum atomic E-state index is -1.23. The van der Waals surface area contributed by atoms with Crippen LogP contribution in [-0.4, -0.2) is 17.4 Å². The number of carbonyl (C=O) groups is 2. The standard InChI is InChI=1S/C25H27N3O2/c1-23(2)15-24(13-6-3-7-14-24)28-20-17(23)10-8-11-18(20)25(22(28)30)26-19-12-5-4-9-16(19)21(29)27-25/h4-5,8-12,26H,3,6-7,13-15H2,1-2H3,(H,27,29)/t25-/m1/s1. The number of nitrogens with zero attached hydrogens (tertiary/aromatic N) is 1. The molecular weight excluding hydrogens is 374 g/mol. The van der Waals surface area contributed by atoms with Crippen LogP contribution in [0.5, 0.6) is 0 Å². The molecule has 5 heteroatoms. The Hall–Kier alpha value is -2.82. The molecule has 4 aliphatic rings. The van der Waals surface area contributed by atoms with Crippen LogP contribution in [0.3, 0.4) is 0 Å². The molecule has 1 saturated carbocycles. The van der Waals surface area contributed by atoms with Gasteiger partial charge in [-0.3, -0.25) is 9.59 Å². The Kier molecular flexibility index (Phi) is 3.39. The van der Waals surface area contributed by atoms with Crippen molar-refractivity contribution >= 4 is 23.2 Å². The first kappa shape index (κ1) is 18.0.